The van der Waals surface area contributed by atoms with Gasteiger partial charge in [-0.1, -0.05) is 44.2 Å². The van der Waals surface area contributed by atoms with Crippen LogP contribution in [-0.4, -0.2) is 58.5 Å². The summed E-state index contributed by atoms with van der Waals surface area (Å²) in [6, 6.07) is 19.4. The van der Waals surface area contributed by atoms with Crippen LogP contribution in [0.1, 0.15) is 90.3 Å². The number of amides is 1. The molecule has 46 heavy (non-hydrogen) atoms. The predicted octanol–water partition coefficient (Wildman–Crippen LogP) is 7.28. The SMILES string of the molecule is CCOC(=O)c1cnn(-c2cccc(-c3cccc4c3C(Nc3ccc(C5CCN(C(=O)OC)CC5)c(CC)c3)CC4)n2)c1CC. The Balaban J connectivity index is 1.25. The van der Waals surface area contributed by atoms with Crippen LogP contribution in [0.3, 0.4) is 0 Å². The summed E-state index contributed by atoms with van der Waals surface area (Å²) < 4.78 is 11.9. The number of nitrogens with zero attached hydrogens (tertiary/aromatic N) is 4. The predicted molar refractivity (Wildman–Crippen MR) is 179 cm³/mol. The van der Waals surface area contributed by atoms with E-state index in [1.807, 2.05) is 25.1 Å². The Hall–Kier alpha value is -4.66. The highest BCUT2D eigenvalue weighted by Gasteiger charge is 2.28. The number of rotatable bonds is 9. The molecule has 3 heterocycles. The molecule has 1 aliphatic heterocycles. The van der Waals surface area contributed by atoms with Gasteiger partial charge in [-0.15, -0.1) is 0 Å². The minimum atomic E-state index is -0.361. The molecule has 240 valence electrons. The highest BCUT2D eigenvalue weighted by Crippen LogP contribution is 2.41. The van der Waals surface area contributed by atoms with E-state index in [1.165, 1.54) is 29.4 Å². The summed E-state index contributed by atoms with van der Waals surface area (Å²) in [4.78, 5) is 31.4. The second-order valence-corrected chi connectivity index (χ2v) is 12.0. The van der Waals surface area contributed by atoms with Crippen molar-refractivity contribution in [2.75, 3.05) is 32.1 Å². The monoisotopic (exact) mass is 621 g/mol. The number of aromatic nitrogens is 3. The van der Waals surface area contributed by atoms with Crippen molar-refractivity contribution in [2.45, 2.75) is 71.3 Å². The van der Waals surface area contributed by atoms with Crippen LogP contribution in [0.4, 0.5) is 10.5 Å². The molecule has 2 aromatic carbocycles. The van der Waals surface area contributed by atoms with Gasteiger partial charge in [-0.2, -0.15) is 5.10 Å². The number of piperidine rings is 1. The normalized spacial score (nSPS) is 16.3. The maximum atomic E-state index is 12.5. The van der Waals surface area contributed by atoms with Gasteiger partial charge in [0.25, 0.3) is 0 Å². The van der Waals surface area contributed by atoms with Gasteiger partial charge in [0, 0.05) is 24.3 Å². The highest BCUT2D eigenvalue weighted by molar-refractivity contribution is 5.90. The molecule has 0 saturated carbocycles. The lowest BCUT2D eigenvalue weighted by Crippen LogP contribution is -2.37. The quantitative estimate of drug-likeness (QED) is 0.196. The second-order valence-electron chi connectivity index (χ2n) is 12.0. The number of nitrogens with one attached hydrogen (secondary N) is 1. The van der Waals surface area contributed by atoms with E-state index in [1.54, 1.807) is 22.7 Å². The van der Waals surface area contributed by atoms with Gasteiger partial charge < -0.3 is 19.7 Å². The first-order chi connectivity index (χ1) is 22.4. The number of likely N-dealkylation sites (tertiary alicyclic amines) is 1. The fraction of sp³-hybridized carbons (Fsp3) is 0.405. The number of pyridine rings is 1. The van der Waals surface area contributed by atoms with Gasteiger partial charge >= 0.3 is 12.1 Å². The van der Waals surface area contributed by atoms with Crippen molar-refractivity contribution in [1.29, 1.82) is 0 Å². The Kier molecular flexibility index (Phi) is 9.38. The summed E-state index contributed by atoms with van der Waals surface area (Å²) in [5.41, 5.74) is 9.74. The standard InChI is InChI=1S/C37H43N5O4/c1-5-24-22-27(15-16-28(24)25-18-20-41(21-19-25)37(44)45-4)39-32-17-14-26-10-8-11-29(35(26)32)31-12-9-13-34(40-31)42-33(6-2)30(23-38-42)36(43)46-7-3/h8-13,15-16,22-23,25,32,39H,5-7,14,17-21H2,1-4H3. The van der Waals surface area contributed by atoms with Crippen LogP contribution in [0.15, 0.2) is 60.8 Å². The van der Waals surface area contributed by atoms with Gasteiger partial charge in [0.2, 0.25) is 0 Å². The van der Waals surface area contributed by atoms with Crippen LogP contribution in [0, 0.1) is 0 Å². The summed E-state index contributed by atoms with van der Waals surface area (Å²) in [6.07, 6.45) is 6.82. The maximum absolute atomic E-state index is 12.5. The lowest BCUT2D eigenvalue weighted by molar-refractivity contribution is 0.0525. The Bertz CT molecular complexity index is 1720. The number of methoxy groups -OCH3 is 1. The molecule has 4 aromatic rings. The van der Waals surface area contributed by atoms with Crippen molar-refractivity contribution in [3.05, 3.63) is 94.3 Å². The van der Waals surface area contributed by atoms with Crippen molar-refractivity contribution in [3.63, 3.8) is 0 Å². The third-order valence-corrected chi connectivity index (χ3v) is 9.41. The highest BCUT2D eigenvalue weighted by atomic mass is 16.5. The lowest BCUT2D eigenvalue weighted by Gasteiger charge is -2.32. The van der Waals surface area contributed by atoms with Gasteiger partial charge in [-0.05, 0) is 97.9 Å². The molecule has 1 N–H and O–H groups in total. The van der Waals surface area contributed by atoms with E-state index >= 15 is 0 Å². The molecule has 9 nitrogen and oxygen atoms in total. The number of aryl methyl sites for hydroxylation is 2. The minimum absolute atomic E-state index is 0.154. The van der Waals surface area contributed by atoms with E-state index < -0.39 is 0 Å². The number of hydrogen-bond acceptors (Lipinski definition) is 7. The van der Waals surface area contributed by atoms with Gasteiger partial charge in [-0.25, -0.2) is 19.3 Å². The Morgan fingerprint density at radius 2 is 1.78 bits per heavy atom. The number of hydrogen-bond donors (Lipinski definition) is 1. The van der Waals surface area contributed by atoms with Crippen LogP contribution >= 0.6 is 0 Å². The zero-order chi connectivity index (χ0) is 32.2. The lowest BCUT2D eigenvalue weighted by atomic mass is 9.85. The Morgan fingerprint density at radius 1 is 0.978 bits per heavy atom. The van der Waals surface area contributed by atoms with E-state index in [4.69, 9.17) is 14.5 Å². The number of carbonyl (C=O) groups excluding carboxylic acids is 2. The molecule has 0 spiro atoms. The molecule has 1 atom stereocenters. The number of esters is 1. The number of anilines is 1. The van der Waals surface area contributed by atoms with Crippen molar-refractivity contribution >= 4 is 17.7 Å². The number of benzene rings is 2. The third-order valence-electron chi connectivity index (χ3n) is 9.41. The van der Waals surface area contributed by atoms with Gasteiger partial charge in [0.1, 0.15) is 5.56 Å². The molecule has 1 aliphatic carbocycles. The van der Waals surface area contributed by atoms with Crippen LogP contribution in [0.5, 0.6) is 0 Å². The van der Waals surface area contributed by atoms with Crippen molar-refractivity contribution in [3.8, 4) is 17.1 Å². The largest absolute Gasteiger partial charge is 0.462 e. The topological polar surface area (TPSA) is 98.6 Å². The smallest absolute Gasteiger partial charge is 0.409 e. The minimum Gasteiger partial charge on any atom is -0.462 e. The molecule has 9 heteroatoms. The molecule has 6 rings (SSSR count). The molecule has 2 aromatic heterocycles. The zero-order valence-corrected chi connectivity index (χ0v) is 27.2. The van der Waals surface area contributed by atoms with Crippen molar-refractivity contribution in [2.24, 2.45) is 0 Å². The fourth-order valence-corrected chi connectivity index (χ4v) is 7.14. The number of ether oxygens (including phenoxy) is 2. The molecule has 1 saturated heterocycles. The molecule has 0 bridgehead atoms. The first-order valence-corrected chi connectivity index (χ1v) is 16.5. The summed E-state index contributed by atoms with van der Waals surface area (Å²) in [5, 5.41) is 8.40. The first-order valence-electron chi connectivity index (χ1n) is 16.5. The summed E-state index contributed by atoms with van der Waals surface area (Å²) in [6.45, 7) is 7.79. The van der Waals surface area contributed by atoms with Gasteiger partial charge in [-0.3, -0.25) is 0 Å². The fourth-order valence-electron chi connectivity index (χ4n) is 7.14. The summed E-state index contributed by atoms with van der Waals surface area (Å²) in [5.74, 6) is 0.754. The van der Waals surface area contributed by atoms with Crippen LogP contribution in [-0.2, 0) is 28.7 Å². The van der Waals surface area contributed by atoms with E-state index in [2.05, 4.69) is 53.7 Å². The third kappa shape index (κ3) is 6.10. The van der Waals surface area contributed by atoms with E-state index in [0.717, 1.165) is 67.8 Å². The number of fused-ring (bicyclic) bond motifs is 1. The average Bonchev–Trinajstić information content (AvgIpc) is 3.72. The molecule has 1 unspecified atom stereocenters. The van der Waals surface area contributed by atoms with Crippen molar-refractivity contribution in [1.82, 2.24) is 19.7 Å². The molecule has 2 aliphatic rings. The summed E-state index contributed by atoms with van der Waals surface area (Å²) in [7, 11) is 1.45. The van der Waals surface area contributed by atoms with E-state index in [0.29, 0.717) is 30.3 Å². The first kappa shape index (κ1) is 31.3. The van der Waals surface area contributed by atoms with Crippen molar-refractivity contribution < 1.29 is 19.1 Å². The van der Waals surface area contributed by atoms with E-state index in [9.17, 15) is 9.59 Å². The number of carbonyl (C=O) groups is 2. The zero-order valence-electron chi connectivity index (χ0n) is 27.2. The molecule has 0 radical (unpaired) electrons. The molecule has 1 fully saturated rings. The second kappa shape index (κ2) is 13.8. The Morgan fingerprint density at radius 3 is 2.52 bits per heavy atom. The van der Waals surface area contributed by atoms with Gasteiger partial charge in [0.05, 0.1) is 37.3 Å². The molecular formula is C37H43N5O4. The molecular weight excluding hydrogens is 578 g/mol. The van der Waals surface area contributed by atoms with Gasteiger partial charge in [0.15, 0.2) is 5.82 Å². The Labute approximate surface area is 270 Å². The van der Waals surface area contributed by atoms with E-state index in [-0.39, 0.29) is 18.1 Å². The summed E-state index contributed by atoms with van der Waals surface area (Å²) >= 11 is 0. The average molecular weight is 622 g/mol. The van der Waals surface area contributed by atoms with Crippen LogP contribution < -0.4 is 5.32 Å². The maximum Gasteiger partial charge on any atom is 0.409 e. The molecule has 1 amide bonds. The van der Waals surface area contributed by atoms with Crippen LogP contribution in [0.2, 0.25) is 0 Å². The van der Waals surface area contributed by atoms with Crippen LogP contribution in [0.25, 0.3) is 17.1 Å².